The van der Waals surface area contributed by atoms with Gasteiger partial charge in [-0.25, -0.2) is 0 Å². The molecule has 0 aliphatic rings. The van der Waals surface area contributed by atoms with Gasteiger partial charge in [0.05, 0.1) is 0 Å². The van der Waals surface area contributed by atoms with E-state index in [1.807, 2.05) is 6.92 Å². The van der Waals surface area contributed by atoms with Crippen molar-refractivity contribution in [2.24, 2.45) is 0 Å². The average molecular weight is 195 g/mol. The summed E-state index contributed by atoms with van der Waals surface area (Å²) in [4.78, 5) is 11.2. The van der Waals surface area contributed by atoms with Crippen molar-refractivity contribution in [3.05, 3.63) is 18.2 Å². The van der Waals surface area contributed by atoms with Crippen molar-refractivity contribution in [2.45, 2.75) is 19.8 Å². The lowest BCUT2D eigenvalue weighted by molar-refractivity contribution is -0.116. The van der Waals surface area contributed by atoms with Gasteiger partial charge in [-0.2, -0.15) is 0 Å². The molecule has 0 fully saturated rings. The first-order valence-electron chi connectivity index (χ1n) is 4.44. The van der Waals surface area contributed by atoms with E-state index in [2.05, 4.69) is 5.32 Å². The van der Waals surface area contributed by atoms with E-state index in [1.54, 1.807) is 0 Å². The summed E-state index contributed by atoms with van der Waals surface area (Å²) in [6.45, 7) is 1.90. The summed E-state index contributed by atoms with van der Waals surface area (Å²) >= 11 is 0. The minimum atomic E-state index is -0.127. The summed E-state index contributed by atoms with van der Waals surface area (Å²) in [6, 6.07) is 3.97. The fourth-order valence-electron chi connectivity index (χ4n) is 1.12. The van der Waals surface area contributed by atoms with Crippen LogP contribution in [0, 0.1) is 0 Å². The van der Waals surface area contributed by atoms with E-state index in [0.29, 0.717) is 12.1 Å². The fraction of sp³-hybridized carbons (Fsp3) is 0.300. The van der Waals surface area contributed by atoms with E-state index in [9.17, 15) is 4.79 Å². The van der Waals surface area contributed by atoms with Crippen LogP contribution in [0.3, 0.4) is 0 Å². The highest BCUT2D eigenvalue weighted by Gasteiger charge is 2.03. The molecule has 14 heavy (non-hydrogen) atoms. The van der Waals surface area contributed by atoms with Gasteiger partial charge >= 0.3 is 0 Å². The number of anilines is 1. The van der Waals surface area contributed by atoms with E-state index >= 15 is 0 Å². The van der Waals surface area contributed by atoms with Gasteiger partial charge in [-0.05, 0) is 6.42 Å². The van der Waals surface area contributed by atoms with E-state index in [0.717, 1.165) is 6.42 Å². The number of nitrogens with one attached hydrogen (secondary N) is 1. The Balaban J connectivity index is 2.71. The fourth-order valence-corrected chi connectivity index (χ4v) is 1.12. The standard InChI is InChI=1S/C10H13NO3/c1-2-3-10(14)11-7-4-8(12)6-9(13)5-7/h4-6,12-13H,2-3H2,1H3,(H,11,14). The second-order valence-electron chi connectivity index (χ2n) is 3.04. The Morgan fingerprint density at radius 2 is 1.86 bits per heavy atom. The zero-order valence-electron chi connectivity index (χ0n) is 7.95. The molecule has 0 radical (unpaired) electrons. The number of carbonyl (C=O) groups is 1. The number of aromatic hydroxyl groups is 2. The number of hydrogen-bond acceptors (Lipinski definition) is 3. The van der Waals surface area contributed by atoms with Gasteiger partial charge < -0.3 is 15.5 Å². The van der Waals surface area contributed by atoms with Crippen LogP contribution < -0.4 is 5.32 Å². The molecule has 1 rings (SSSR count). The third kappa shape index (κ3) is 2.97. The molecule has 0 atom stereocenters. The van der Waals surface area contributed by atoms with Crippen molar-refractivity contribution in [2.75, 3.05) is 5.32 Å². The maximum absolute atomic E-state index is 11.2. The Labute approximate surface area is 82.2 Å². The van der Waals surface area contributed by atoms with E-state index < -0.39 is 0 Å². The van der Waals surface area contributed by atoms with Crippen molar-refractivity contribution < 1.29 is 15.0 Å². The zero-order valence-corrected chi connectivity index (χ0v) is 7.95. The molecule has 0 aliphatic carbocycles. The highest BCUT2D eigenvalue weighted by atomic mass is 16.3. The Morgan fingerprint density at radius 3 is 2.36 bits per heavy atom. The van der Waals surface area contributed by atoms with Gasteiger partial charge in [0, 0.05) is 30.3 Å². The van der Waals surface area contributed by atoms with Gasteiger partial charge in [-0.3, -0.25) is 4.79 Å². The third-order valence-corrected chi connectivity index (χ3v) is 1.66. The number of phenolic OH excluding ortho intramolecular Hbond substituents is 2. The van der Waals surface area contributed by atoms with Gasteiger partial charge in [0.15, 0.2) is 0 Å². The Hall–Kier alpha value is -1.71. The molecule has 0 saturated carbocycles. The number of carbonyl (C=O) groups excluding carboxylic acids is 1. The van der Waals surface area contributed by atoms with Crippen molar-refractivity contribution in [3.8, 4) is 11.5 Å². The van der Waals surface area contributed by atoms with Crippen LogP contribution in [0.15, 0.2) is 18.2 Å². The van der Waals surface area contributed by atoms with Crippen LogP contribution in [-0.4, -0.2) is 16.1 Å². The predicted molar refractivity (Wildman–Crippen MR) is 53.3 cm³/mol. The lowest BCUT2D eigenvalue weighted by Crippen LogP contribution is -2.10. The van der Waals surface area contributed by atoms with Crippen LogP contribution in [0.1, 0.15) is 19.8 Å². The quantitative estimate of drug-likeness (QED) is 0.689. The van der Waals surface area contributed by atoms with Crippen molar-refractivity contribution in [3.63, 3.8) is 0 Å². The van der Waals surface area contributed by atoms with Crippen LogP contribution in [0.2, 0.25) is 0 Å². The first-order chi connectivity index (χ1) is 6.61. The molecule has 0 heterocycles. The third-order valence-electron chi connectivity index (χ3n) is 1.66. The first-order valence-corrected chi connectivity index (χ1v) is 4.44. The van der Waals surface area contributed by atoms with Gasteiger partial charge in [0.1, 0.15) is 11.5 Å². The number of phenols is 2. The van der Waals surface area contributed by atoms with Gasteiger partial charge in [-0.15, -0.1) is 0 Å². The average Bonchev–Trinajstić information content (AvgIpc) is 2.01. The topological polar surface area (TPSA) is 69.6 Å². The largest absolute Gasteiger partial charge is 0.508 e. The smallest absolute Gasteiger partial charge is 0.224 e. The van der Waals surface area contributed by atoms with Crippen LogP contribution >= 0.6 is 0 Å². The van der Waals surface area contributed by atoms with Crippen LogP contribution in [0.4, 0.5) is 5.69 Å². The summed E-state index contributed by atoms with van der Waals surface area (Å²) in [7, 11) is 0. The second kappa shape index (κ2) is 4.50. The summed E-state index contributed by atoms with van der Waals surface area (Å²) in [5.74, 6) is -0.272. The Bertz CT molecular complexity index is 316. The Morgan fingerprint density at radius 1 is 1.29 bits per heavy atom. The number of hydrogen-bond donors (Lipinski definition) is 3. The van der Waals surface area contributed by atoms with Crippen molar-refractivity contribution >= 4 is 11.6 Å². The molecule has 3 N–H and O–H groups in total. The van der Waals surface area contributed by atoms with Gasteiger partial charge in [0.25, 0.3) is 0 Å². The molecule has 1 aromatic carbocycles. The molecular formula is C10H13NO3. The highest BCUT2D eigenvalue weighted by Crippen LogP contribution is 2.23. The molecule has 0 unspecified atom stereocenters. The normalized spacial score (nSPS) is 9.79. The molecule has 76 valence electrons. The van der Waals surface area contributed by atoms with Crippen LogP contribution in [-0.2, 0) is 4.79 Å². The van der Waals surface area contributed by atoms with Crippen molar-refractivity contribution in [1.29, 1.82) is 0 Å². The number of rotatable bonds is 3. The van der Waals surface area contributed by atoms with E-state index in [4.69, 9.17) is 10.2 Å². The molecule has 0 spiro atoms. The van der Waals surface area contributed by atoms with Gasteiger partial charge in [0.2, 0.25) is 5.91 Å². The lowest BCUT2D eigenvalue weighted by atomic mass is 10.2. The van der Waals surface area contributed by atoms with Crippen LogP contribution in [0.5, 0.6) is 11.5 Å². The SMILES string of the molecule is CCCC(=O)Nc1cc(O)cc(O)c1. The molecule has 0 bridgehead atoms. The molecule has 0 aromatic heterocycles. The first kappa shape index (κ1) is 10.4. The summed E-state index contributed by atoms with van der Waals surface area (Å²) in [6.07, 6.45) is 1.19. The maximum Gasteiger partial charge on any atom is 0.224 e. The Kier molecular flexibility index (Phi) is 3.34. The zero-order chi connectivity index (χ0) is 10.6. The molecule has 1 aromatic rings. The molecule has 4 nitrogen and oxygen atoms in total. The summed E-state index contributed by atoms with van der Waals surface area (Å²) < 4.78 is 0. The van der Waals surface area contributed by atoms with Crippen molar-refractivity contribution in [1.82, 2.24) is 0 Å². The minimum absolute atomic E-state index is 0.0724. The lowest BCUT2D eigenvalue weighted by Gasteiger charge is -2.05. The second-order valence-corrected chi connectivity index (χ2v) is 3.04. The molecular weight excluding hydrogens is 182 g/mol. The molecule has 0 aliphatic heterocycles. The monoisotopic (exact) mass is 195 g/mol. The minimum Gasteiger partial charge on any atom is -0.508 e. The number of benzene rings is 1. The van der Waals surface area contributed by atoms with Gasteiger partial charge in [-0.1, -0.05) is 6.92 Å². The maximum atomic E-state index is 11.2. The molecule has 0 saturated heterocycles. The number of amides is 1. The highest BCUT2D eigenvalue weighted by molar-refractivity contribution is 5.91. The summed E-state index contributed by atoms with van der Waals surface area (Å²) in [5, 5.41) is 20.8. The molecule has 1 amide bonds. The van der Waals surface area contributed by atoms with Crippen LogP contribution in [0.25, 0.3) is 0 Å². The molecule has 4 heteroatoms. The van der Waals surface area contributed by atoms with E-state index in [-0.39, 0.29) is 17.4 Å². The van der Waals surface area contributed by atoms with E-state index in [1.165, 1.54) is 18.2 Å². The summed E-state index contributed by atoms with van der Waals surface area (Å²) in [5.41, 5.74) is 0.404. The predicted octanol–water partition coefficient (Wildman–Crippen LogP) is 1.84.